The molecule has 5 atom stereocenters. The highest BCUT2D eigenvalue weighted by molar-refractivity contribution is 5.75. The van der Waals surface area contributed by atoms with Crippen molar-refractivity contribution in [2.45, 2.75) is 30.7 Å². The smallest absolute Gasteiger partial charge is 0.337 e. The normalized spacial score (nSPS) is 39.4. The third-order valence-corrected chi connectivity index (χ3v) is 2.48. The van der Waals surface area contributed by atoms with Crippen LogP contribution in [0.4, 0.5) is 0 Å². The lowest BCUT2D eigenvalue weighted by molar-refractivity contribution is -0.291. The Morgan fingerprint density at radius 3 is 2.19 bits per heavy atom. The molecule has 1 heterocycles. The average molecular weight is 236 g/mol. The summed E-state index contributed by atoms with van der Waals surface area (Å²) in [7, 11) is 3.79. The van der Waals surface area contributed by atoms with E-state index in [9.17, 15) is 15.0 Å². The van der Waals surface area contributed by atoms with Crippen LogP contribution in [-0.4, -0.2) is 68.2 Å². The molecule has 0 aliphatic carbocycles. The van der Waals surface area contributed by atoms with Crippen LogP contribution in [0.1, 0.15) is 0 Å². The van der Waals surface area contributed by atoms with Crippen LogP contribution >= 0.6 is 0 Å². The van der Waals surface area contributed by atoms with Gasteiger partial charge in [0.2, 0.25) is 0 Å². The molecule has 0 aromatic rings. The predicted molar refractivity (Wildman–Crippen MR) is 50.5 cm³/mol. The largest absolute Gasteiger partial charge is 0.467 e. The number of carbonyl (C=O) groups excluding carboxylic acids is 1. The molecule has 0 saturated carbocycles. The zero-order valence-electron chi connectivity index (χ0n) is 9.32. The monoisotopic (exact) mass is 236 g/mol. The fourth-order valence-electron chi connectivity index (χ4n) is 1.62. The number of hydrogen-bond acceptors (Lipinski definition) is 7. The summed E-state index contributed by atoms with van der Waals surface area (Å²) in [5, 5.41) is 19.4. The summed E-state index contributed by atoms with van der Waals surface area (Å²) < 4.78 is 19.3. The van der Waals surface area contributed by atoms with E-state index >= 15 is 0 Å². The van der Waals surface area contributed by atoms with Crippen molar-refractivity contribution in [1.29, 1.82) is 0 Å². The van der Waals surface area contributed by atoms with E-state index in [0.717, 1.165) is 0 Å². The first-order valence-corrected chi connectivity index (χ1v) is 4.71. The lowest BCUT2D eigenvalue weighted by atomic mass is 9.99. The van der Waals surface area contributed by atoms with Crippen molar-refractivity contribution in [2.24, 2.45) is 0 Å². The van der Waals surface area contributed by atoms with Crippen molar-refractivity contribution in [3.05, 3.63) is 0 Å². The van der Waals surface area contributed by atoms with Crippen LogP contribution in [-0.2, 0) is 23.7 Å². The van der Waals surface area contributed by atoms with Gasteiger partial charge in [-0.25, -0.2) is 4.79 Å². The predicted octanol–water partition coefficient (Wildman–Crippen LogP) is -1.73. The summed E-state index contributed by atoms with van der Waals surface area (Å²) in [5.74, 6) is -0.747. The van der Waals surface area contributed by atoms with E-state index in [0.29, 0.717) is 0 Å². The van der Waals surface area contributed by atoms with Gasteiger partial charge in [0.05, 0.1) is 7.11 Å². The van der Waals surface area contributed by atoms with E-state index in [1.807, 2.05) is 0 Å². The molecule has 0 bridgehead atoms. The fraction of sp³-hybridized carbons (Fsp3) is 0.889. The minimum atomic E-state index is -1.31. The second kappa shape index (κ2) is 5.55. The Balaban J connectivity index is 2.84. The van der Waals surface area contributed by atoms with Gasteiger partial charge in [0.25, 0.3) is 0 Å². The highest BCUT2D eigenvalue weighted by atomic mass is 16.7. The summed E-state index contributed by atoms with van der Waals surface area (Å²) in [5.41, 5.74) is 0. The zero-order valence-corrected chi connectivity index (χ0v) is 9.32. The molecule has 0 amide bonds. The highest BCUT2D eigenvalue weighted by Crippen LogP contribution is 2.24. The number of carbonyl (C=O) groups is 1. The second-order valence-corrected chi connectivity index (χ2v) is 3.37. The summed E-state index contributed by atoms with van der Waals surface area (Å²) in [6, 6.07) is 0. The molecule has 0 spiro atoms. The second-order valence-electron chi connectivity index (χ2n) is 3.37. The van der Waals surface area contributed by atoms with Gasteiger partial charge in [0.1, 0.15) is 18.3 Å². The molecular formula is C9H16O7. The first-order chi connectivity index (χ1) is 7.56. The van der Waals surface area contributed by atoms with Gasteiger partial charge in [0, 0.05) is 14.2 Å². The average Bonchev–Trinajstić information content (AvgIpc) is 2.29. The maximum atomic E-state index is 11.3. The maximum Gasteiger partial charge on any atom is 0.337 e. The molecule has 2 N–H and O–H groups in total. The molecule has 0 aromatic carbocycles. The van der Waals surface area contributed by atoms with Crippen molar-refractivity contribution < 1.29 is 34.0 Å². The molecule has 1 saturated heterocycles. The van der Waals surface area contributed by atoms with Gasteiger partial charge in [-0.1, -0.05) is 0 Å². The quantitative estimate of drug-likeness (QED) is 0.562. The van der Waals surface area contributed by atoms with E-state index in [4.69, 9.17) is 14.2 Å². The van der Waals surface area contributed by atoms with E-state index in [-0.39, 0.29) is 0 Å². The Kier molecular flexibility index (Phi) is 4.63. The molecule has 16 heavy (non-hydrogen) atoms. The molecular weight excluding hydrogens is 220 g/mol. The van der Waals surface area contributed by atoms with Gasteiger partial charge in [-0.05, 0) is 0 Å². The van der Waals surface area contributed by atoms with Crippen LogP contribution in [0.2, 0.25) is 0 Å². The van der Waals surface area contributed by atoms with E-state index in [2.05, 4.69) is 4.74 Å². The van der Waals surface area contributed by atoms with Crippen molar-refractivity contribution in [2.75, 3.05) is 21.3 Å². The Hall–Kier alpha value is -0.730. The highest BCUT2D eigenvalue weighted by Gasteiger charge is 2.48. The van der Waals surface area contributed by atoms with Crippen molar-refractivity contribution >= 4 is 5.97 Å². The number of esters is 1. The molecule has 94 valence electrons. The lowest BCUT2D eigenvalue weighted by Crippen LogP contribution is -2.60. The van der Waals surface area contributed by atoms with Crippen molar-refractivity contribution in [1.82, 2.24) is 0 Å². The summed E-state index contributed by atoms with van der Waals surface area (Å²) >= 11 is 0. The number of hydrogen-bond donors (Lipinski definition) is 2. The summed E-state index contributed by atoms with van der Waals surface area (Å²) in [4.78, 5) is 11.3. The molecule has 7 heteroatoms. The van der Waals surface area contributed by atoms with Crippen molar-refractivity contribution in [3.63, 3.8) is 0 Å². The van der Waals surface area contributed by atoms with Crippen molar-refractivity contribution in [3.8, 4) is 0 Å². The Morgan fingerprint density at radius 1 is 1.12 bits per heavy atom. The van der Waals surface area contributed by atoms with E-state index in [1.54, 1.807) is 0 Å². The minimum Gasteiger partial charge on any atom is -0.467 e. The molecule has 0 unspecified atom stereocenters. The first-order valence-electron chi connectivity index (χ1n) is 4.71. The Labute approximate surface area is 92.9 Å². The topological polar surface area (TPSA) is 94.5 Å². The zero-order chi connectivity index (χ0) is 12.3. The van der Waals surface area contributed by atoms with Crippen LogP contribution in [0.3, 0.4) is 0 Å². The minimum absolute atomic E-state index is 0.747. The molecule has 1 rings (SSSR count). The van der Waals surface area contributed by atoms with Crippen LogP contribution < -0.4 is 0 Å². The molecule has 1 aliphatic rings. The summed E-state index contributed by atoms with van der Waals surface area (Å²) in [6.07, 6.45) is -5.73. The number of rotatable bonds is 3. The van der Waals surface area contributed by atoms with Crippen LogP contribution in [0, 0.1) is 0 Å². The van der Waals surface area contributed by atoms with Gasteiger partial charge < -0.3 is 29.2 Å². The molecule has 7 nitrogen and oxygen atoms in total. The number of methoxy groups -OCH3 is 3. The lowest BCUT2D eigenvalue weighted by Gasteiger charge is -2.39. The third-order valence-electron chi connectivity index (χ3n) is 2.48. The van der Waals surface area contributed by atoms with Gasteiger partial charge in [-0.2, -0.15) is 0 Å². The standard InChI is InChI=1S/C9H16O7/c1-13-6-4(10)7(8(12)14-2)16-9(15-3)5(6)11/h4-7,9-11H,1-3H3/t4-,5+,6-,7-,9-/m0/s1. The van der Waals surface area contributed by atoms with Gasteiger partial charge in [0.15, 0.2) is 12.4 Å². The Bertz CT molecular complexity index is 244. The van der Waals surface area contributed by atoms with E-state index < -0.39 is 36.7 Å². The van der Waals surface area contributed by atoms with E-state index in [1.165, 1.54) is 21.3 Å². The Morgan fingerprint density at radius 2 is 1.75 bits per heavy atom. The molecule has 0 radical (unpaired) electrons. The fourth-order valence-corrected chi connectivity index (χ4v) is 1.62. The molecule has 1 fully saturated rings. The number of ether oxygens (including phenoxy) is 4. The van der Waals surface area contributed by atoms with Gasteiger partial charge in [-0.3, -0.25) is 0 Å². The van der Waals surface area contributed by atoms with Crippen LogP contribution in [0.5, 0.6) is 0 Å². The van der Waals surface area contributed by atoms with Crippen LogP contribution in [0.25, 0.3) is 0 Å². The third kappa shape index (κ3) is 2.33. The SMILES string of the molecule is COC(=O)[C@H]1O[C@H](OC)[C@H](O)[C@@H](OC)[C@@H]1O. The number of aliphatic hydroxyl groups excluding tert-OH is 2. The maximum absolute atomic E-state index is 11.3. The first kappa shape index (κ1) is 13.3. The summed E-state index contributed by atoms with van der Waals surface area (Å²) in [6.45, 7) is 0. The van der Waals surface area contributed by atoms with Gasteiger partial charge >= 0.3 is 5.97 Å². The number of aliphatic hydroxyl groups is 2. The van der Waals surface area contributed by atoms with Crippen LogP contribution in [0.15, 0.2) is 0 Å². The molecule has 1 aliphatic heterocycles. The molecule has 0 aromatic heterocycles. The van der Waals surface area contributed by atoms with Gasteiger partial charge in [-0.15, -0.1) is 0 Å².